The van der Waals surface area contributed by atoms with Gasteiger partial charge in [-0.2, -0.15) is 0 Å². The molecule has 0 aromatic heterocycles. The Labute approximate surface area is 99.5 Å². The molecule has 0 aromatic carbocycles. The maximum absolute atomic E-state index is 8.37. The molecule has 0 aliphatic heterocycles. The zero-order valence-corrected chi connectivity index (χ0v) is 10.6. The van der Waals surface area contributed by atoms with E-state index in [0.717, 1.165) is 12.8 Å². The molecule has 0 aliphatic rings. The maximum Gasteiger partial charge on any atom is 0.0147 e. The van der Waals surface area contributed by atoms with E-state index in [4.69, 9.17) is 10.4 Å². The normalized spacial score (nSPS) is 11.2. The minimum atomic E-state index is 0.0354. The molecule has 0 rings (SSSR count). The van der Waals surface area contributed by atoms with E-state index in [9.17, 15) is 0 Å². The number of hydrogen-bond donors (Lipinski definition) is 3. The highest BCUT2D eigenvalue weighted by Gasteiger charge is 1.94. The molecule has 0 spiro atoms. The highest BCUT2D eigenvalue weighted by molar-refractivity contribution is 4.48. The molecule has 3 N–H and O–H groups in total. The third-order valence-corrected chi connectivity index (χ3v) is 2.78. The van der Waals surface area contributed by atoms with Crippen molar-refractivity contribution in [3.05, 3.63) is 0 Å². The molecule has 0 saturated heterocycles. The van der Waals surface area contributed by atoms with Crippen LogP contribution in [-0.2, 0) is 0 Å². The predicted molar refractivity (Wildman–Crippen MR) is 65.3 cm³/mol. The van der Waals surface area contributed by atoms with Crippen molar-refractivity contribution >= 4 is 0 Å². The van der Waals surface area contributed by atoms with E-state index < -0.39 is 0 Å². The van der Waals surface area contributed by atoms with Gasteiger partial charge >= 0.3 is 0 Å². The van der Waals surface area contributed by atoms with E-state index in [2.05, 4.69) is 12.3 Å². The summed E-state index contributed by atoms with van der Waals surface area (Å²) in [7, 11) is 0. The molecular formula is C12H28N2O2. The standard InChI is InChI=1S/C12H28N2O2/c1-2-3-4-5-6-7-8-9-10-11-12-13-14(15)16/h13,15-16H,2-12H2,1H3. The third-order valence-electron chi connectivity index (χ3n) is 2.78. The van der Waals surface area contributed by atoms with Crippen LogP contribution in [0.1, 0.15) is 71.1 Å². The van der Waals surface area contributed by atoms with Gasteiger partial charge in [0.25, 0.3) is 0 Å². The lowest BCUT2D eigenvalue weighted by molar-refractivity contribution is -0.341. The summed E-state index contributed by atoms with van der Waals surface area (Å²) >= 11 is 0. The highest BCUT2D eigenvalue weighted by Crippen LogP contribution is 2.10. The van der Waals surface area contributed by atoms with Crippen molar-refractivity contribution in [3.63, 3.8) is 0 Å². The fourth-order valence-corrected chi connectivity index (χ4v) is 1.79. The Morgan fingerprint density at radius 1 is 0.750 bits per heavy atom. The summed E-state index contributed by atoms with van der Waals surface area (Å²) in [6.07, 6.45) is 12.9. The minimum Gasteiger partial charge on any atom is -0.276 e. The quantitative estimate of drug-likeness (QED) is 0.356. The molecule has 0 aliphatic carbocycles. The molecule has 0 unspecified atom stereocenters. The van der Waals surface area contributed by atoms with Crippen molar-refractivity contribution < 1.29 is 10.4 Å². The van der Waals surface area contributed by atoms with Gasteiger partial charge in [0.2, 0.25) is 0 Å². The molecule has 0 aromatic rings. The average molecular weight is 232 g/mol. The van der Waals surface area contributed by atoms with E-state index >= 15 is 0 Å². The van der Waals surface area contributed by atoms with E-state index in [1.54, 1.807) is 0 Å². The van der Waals surface area contributed by atoms with E-state index in [0.29, 0.717) is 6.54 Å². The molecule has 16 heavy (non-hydrogen) atoms. The summed E-state index contributed by atoms with van der Waals surface area (Å²) < 4.78 is 0. The van der Waals surface area contributed by atoms with Gasteiger partial charge in [-0.15, -0.1) is 0 Å². The van der Waals surface area contributed by atoms with E-state index in [-0.39, 0.29) is 5.34 Å². The second kappa shape index (κ2) is 12.9. The summed E-state index contributed by atoms with van der Waals surface area (Å²) in [5.41, 5.74) is 2.42. The van der Waals surface area contributed by atoms with Crippen LogP contribution in [-0.4, -0.2) is 22.3 Å². The van der Waals surface area contributed by atoms with Crippen LogP contribution in [0, 0.1) is 0 Å². The molecule has 0 radical (unpaired) electrons. The SMILES string of the molecule is CCCCCCCCCCCCNN(O)O. The Morgan fingerprint density at radius 2 is 1.19 bits per heavy atom. The number of hydrazine groups is 1. The lowest BCUT2D eigenvalue weighted by atomic mass is 10.1. The van der Waals surface area contributed by atoms with E-state index in [1.165, 1.54) is 51.4 Å². The first-order valence-electron chi connectivity index (χ1n) is 6.68. The topological polar surface area (TPSA) is 55.7 Å². The molecule has 0 heterocycles. The van der Waals surface area contributed by atoms with Gasteiger partial charge < -0.3 is 0 Å². The van der Waals surface area contributed by atoms with Crippen LogP contribution in [0.25, 0.3) is 0 Å². The summed E-state index contributed by atoms with van der Waals surface area (Å²) in [6.45, 7) is 2.87. The fraction of sp³-hybridized carbons (Fsp3) is 1.00. The number of unbranched alkanes of at least 4 members (excludes halogenated alkanes) is 9. The maximum atomic E-state index is 8.37. The van der Waals surface area contributed by atoms with Crippen LogP contribution in [0.15, 0.2) is 0 Å². The van der Waals surface area contributed by atoms with Crippen molar-refractivity contribution in [1.82, 2.24) is 10.8 Å². The summed E-state index contributed by atoms with van der Waals surface area (Å²) in [5, 5.41) is 16.8. The molecule has 0 atom stereocenters. The van der Waals surface area contributed by atoms with Crippen molar-refractivity contribution in [2.75, 3.05) is 6.54 Å². The summed E-state index contributed by atoms with van der Waals surface area (Å²) in [5.74, 6) is 0. The van der Waals surface area contributed by atoms with Gasteiger partial charge in [0.1, 0.15) is 0 Å². The van der Waals surface area contributed by atoms with Crippen LogP contribution in [0.2, 0.25) is 0 Å². The lowest BCUT2D eigenvalue weighted by Crippen LogP contribution is -2.32. The second-order valence-electron chi connectivity index (χ2n) is 4.38. The predicted octanol–water partition coefficient (Wildman–Crippen LogP) is 3.49. The summed E-state index contributed by atoms with van der Waals surface area (Å²) in [4.78, 5) is 0. The van der Waals surface area contributed by atoms with Crippen molar-refractivity contribution in [3.8, 4) is 0 Å². The Kier molecular flexibility index (Phi) is 12.8. The van der Waals surface area contributed by atoms with Gasteiger partial charge in [-0.3, -0.25) is 10.4 Å². The average Bonchev–Trinajstić information content (AvgIpc) is 2.25. The Balaban J connectivity index is 2.88. The molecule has 0 bridgehead atoms. The molecular weight excluding hydrogens is 204 g/mol. The first-order valence-corrected chi connectivity index (χ1v) is 6.68. The molecule has 4 nitrogen and oxygen atoms in total. The van der Waals surface area contributed by atoms with Crippen LogP contribution < -0.4 is 5.43 Å². The Hall–Kier alpha value is -0.160. The van der Waals surface area contributed by atoms with E-state index in [1.807, 2.05) is 0 Å². The third kappa shape index (κ3) is 13.8. The fourth-order valence-electron chi connectivity index (χ4n) is 1.79. The van der Waals surface area contributed by atoms with Gasteiger partial charge in [-0.05, 0) is 6.42 Å². The highest BCUT2D eigenvalue weighted by atomic mass is 16.8. The molecule has 0 saturated carbocycles. The van der Waals surface area contributed by atoms with Crippen molar-refractivity contribution in [2.45, 2.75) is 71.1 Å². The number of nitrogens with one attached hydrogen (secondary N) is 1. The molecule has 0 amide bonds. The van der Waals surface area contributed by atoms with Gasteiger partial charge in [-0.25, -0.2) is 5.43 Å². The largest absolute Gasteiger partial charge is 0.276 e. The van der Waals surface area contributed by atoms with Crippen LogP contribution in [0.3, 0.4) is 0 Å². The summed E-state index contributed by atoms with van der Waals surface area (Å²) in [6, 6.07) is 0. The van der Waals surface area contributed by atoms with Crippen molar-refractivity contribution in [2.24, 2.45) is 0 Å². The monoisotopic (exact) mass is 232 g/mol. The van der Waals surface area contributed by atoms with Gasteiger partial charge in [0.15, 0.2) is 0 Å². The molecule has 0 fully saturated rings. The second-order valence-corrected chi connectivity index (χ2v) is 4.38. The minimum absolute atomic E-state index is 0.0354. The zero-order valence-electron chi connectivity index (χ0n) is 10.6. The van der Waals surface area contributed by atoms with Crippen LogP contribution in [0.4, 0.5) is 0 Å². The first-order chi connectivity index (χ1) is 7.77. The van der Waals surface area contributed by atoms with Gasteiger partial charge in [0, 0.05) is 11.9 Å². The molecule has 98 valence electrons. The lowest BCUT2D eigenvalue weighted by Gasteiger charge is -2.07. The first kappa shape index (κ1) is 15.8. The van der Waals surface area contributed by atoms with Gasteiger partial charge in [0.05, 0.1) is 0 Å². The van der Waals surface area contributed by atoms with Gasteiger partial charge in [-0.1, -0.05) is 64.7 Å². The Morgan fingerprint density at radius 3 is 1.62 bits per heavy atom. The van der Waals surface area contributed by atoms with Crippen molar-refractivity contribution in [1.29, 1.82) is 0 Å². The number of nitrogens with zero attached hydrogens (tertiary/aromatic N) is 1. The zero-order chi connectivity index (χ0) is 12.1. The molecule has 4 heteroatoms. The number of hydrogen-bond acceptors (Lipinski definition) is 4. The van der Waals surface area contributed by atoms with Crippen LogP contribution >= 0.6 is 0 Å². The number of rotatable bonds is 12. The smallest absolute Gasteiger partial charge is 0.0147 e. The van der Waals surface area contributed by atoms with Crippen LogP contribution in [0.5, 0.6) is 0 Å². The Bertz CT molecular complexity index is 132.